The fourth-order valence-corrected chi connectivity index (χ4v) is 11.5. The topological polar surface area (TPSA) is 28.2 Å². The molecule has 0 bridgehead atoms. The van der Waals surface area contributed by atoms with E-state index < -0.39 is 0 Å². The van der Waals surface area contributed by atoms with Crippen LogP contribution in [0.4, 0.5) is 45.5 Å². The predicted molar refractivity (Wildman–Crippen MR) is 231 cm³/mol. The van der Waals surface area contributed by atoms with Crippen molar-refractivity contribution in [2.24, 2.45) is 0 Å². The fourth-order valence-electron chi connectivity index (χ4n) is 11.5. The molecule has 7 aliphatic heterocycles. The van der Waals surface area contributed by atoms with Gasteiger partial charge in [0.15, 0.2) is 0 Å². The molecule has 0 amide bonds. The number of para-hydroxylation sites is 7. The number of rotatable bonds is 0. The Morgan fingerprint density at radius 1 is 0.339 bits per heavy atom. The highest BCUT2D eigenvalue weighted by Crippen LogP contribution is 2.60. The maximum absolute atomic E-state index is 7.04. The Labute approximate surface area is 324 Å². The van der Waals surface area contributed by atoms with Crippen LogP contribution in [0, 0.1) is 0 Å². The highest BCUT2D eigenvalue weighted by Gasteiger charge is 2.55. The maximum Gasteiger partial charge on any atom is 0.333 e. The first kappa shape index (κ1) is 28.4. The maximum atomic E-state index is 7.04. The summed E-state index contributed by atoms with van der Waals surface area (Å²) in [7, 11) is 0. The van der Waals surface area contributed by atoms with Crippen molar-refractivity contribution in [3.8, 4) is 34.1 Å². The zero-order chi connectivity index (χ0) is 36.0. The van der Waals surface area contributed by atoms with Crippen LogP contribution in [0.25, 0.3) is 11.1 Å². The van der Waals surface area contributed by atoms with Gasteiger partial charge in [-0.15, -0.1) is 0 Å². The molecule has 5 nitrogen and oxygen atoms in total. The third kappa shape index (κ3) is 3.10. The highest BCUT2D eigenvalue weighted by atomic mass is 16.5. The Morgan fingerprint density at radius 3 is 1.41 bits per heavy atom. The smallest absolute Gasteiger partial charge is 0.333 e. The number of anilines is 8. The molecule has 0 saturated carbocycles. The third-order valence-electron chi connectivity index (χ3n) is 13.4. The van der Waals surface area contributed by atoms with Crippen LogP contribution in [0.5, 0.6) is 23.0 Å². The molecule has 56 heavy (non-hydrogen) atoms. The second-order valence-electron chi connectivity index (χ2n) is 15.9. The second kappa shape index (κ2) is 9.60. The molecule has 0 fully saturated rings. The van der Waals surface area contributed by atoms with Crippen molar-refractivity contribution < 1.29 is 9.47 Å². The minimum Gasteiger partial charge on any atom is -0.458 e. The quantitative estimate of drug-likeness (QED) is 0.179. The SMILES string of the molecule is c1ccc2c(c1)Oc1cc3c4c5c1B2c1ccccc1N5c1ccccc1B4N1c2ccccc2N2c4ccccc4B4c5ccccc5Oc5cc-3c1c2c54. The average Bonchev–Trinajstić information content (AvgIpc) is 3.26. The van der Waals surface area contributed by atoms with Crippen molar-refractivity contribution in [2.45, 2.75) is 0 Å². The molecule has 0 spiro atoms. The van der Waals surface area contributed by atoms with Crippen molar-refractivity contribution in [2.75, 3.05) is 14.6 Å². The minimum atomic E-state index is -0.0849. The Hall–Kier alpha value is -7.05. The van der Waals surface area contributed by atoms with Gasteiger partial charge in [-0.25, -0.2) is 0 Å². The summed E-state index contributed by atoms with van der Waals surface area (Å²) in [6, 6.07) is 58.0. The molecule has 15 rings (SSSR count). The normalized spacial score (nSPS) is 15.2. The van der Waals surface area contributed by atoms with E-state index in [4.69, 9.17) is 9.47 Å². The molecule has 254 valence electrons. The molecule has 0 radical (unpaired) electrons. The zero-order valence-corrected chi connectivity index (χ0v) is 29.9. The lowest BCUT2D eigenvalue weighted by atomic mass is 9.31. The number of hydrogen-bond donors (Lipinski definition) is 0. The first-order valence-electron chi connectivity index (χ1n) is 19.5. The Balaban J connectivity index is 1.13. The Bertz CT molecular complexity index is 2970. The van der Waals surface area contributed by atoms with E-state index in [2.05, 4.69) is 172 Å². The molecule has 7 heterocycles. The van der Waals surface area contributed by atoms with E-state index in [-0.39, 0.29) is 20.3 Å². The van der Waals surface area contributed by atoms with Gasteiger partial charge in [-0.3, -0.25) is 0 Å². The molecule has 8 aromatic carbocycles. The number of benzene rings is 8. The first-order valence-corrected chi connectivity index (χ1v) is 19.5. The van der Waals surface area contributed by atoms with Crippen molar-refractivity contribution in [3.05, 3.63) is 158 Å². The van der Waals surface area contributed by atoms with Gasteiger partial charge in [-0.1, -0.05) is 103 Å². The molecule has 7 aliphatic rings. The lowest BCUT2D eigenvalue weighted by Gasteiger charge is -2.54. The van der Waals surface area contributed by atoms with Crippen molar-refractivity contribution in [1.29, 1.82) is 0 Å². The number of ether oxygens (including phenoxy) is 2. The van der Waals surface area contributed by atoms with Crippen molar-refractivity contribution >= 4 is 109 Å². The molecule has 0 N–H and O–H groups in total. The standard InChI is InChI=1S/C48H26B3N3O2/c1-6-18-34-29(13-1)49-32-16-4-11-23-39(32)55-41-25-27-28-26-42-45-48-46(28)54(51-31-15-3-8-20-36(31)52(34)47(43(27)51)44(41)49)38-22-10-9-21-37(38)53(48)35-19-7-2-14-30(35)50(45)33-17-5-12-24-40(33)56-42/h1-26H. The van der Waals surface area contributed by atoms with Crippen LogP contribution >= 0.6 is 0 Å². The van der Waals surface area contributed by atoms with E-state index in [0.29, 0.717) is 0 Å². The van der Waals surface area contributed by atoms with Crippen LogP contribution in [0.2, 0.25) is 0 Å². The summed E-state index contributed by atoms with van der Waals surface area (Å²) in [5.74, 6) is 3.69. The van der Waals surface area contributed by atoms with E-state index in [1.165, 1.54) is 100 Å². The molecule has 0 atom stereocenters. The summed E-state index contributed by atoms with van der Waals surface area (Å²) in [6.45, 7) is -0.00796. The molecule has 8 aromatic rings. The van der Waals surface area contributed by atoms with E-state index in [1.54, 1.807) is 0 Å². The van der Waals surface area contributed by atoms with Gasteiger partial charge in [0.1, 0.15) is 23.0 Å². The van der Waals surface area contributed by atoms with Crippen molar-refractivity contribution in [3.63, 3.8) is 0 Å². The number of hydrogen-bond acceptors (Lipinski definition) is 5. The molecular formula is C48H26B3N3O2. The van der Waals surface area contributed by atoms with Gasteiger partial charge < -0.3 is 24.1 Å². The average molecular weight is 709 g/mol. The Morgan fingerprint density at radius 2 is 0.786 bits per heavy atom. The monoisotopic (exact) mass is 709 g/mol. The van der Waals surface area contributed by atoms with E-state index in [0.717, 1.165) is 23.0 Å². The fraction of sp³-hybridized carbons (Fsp3) is 0. The molecule has 0 aliphatic carbocycles. The van der Waals surface area contributed by atoms with Gasteiger partial charge >= 0.3 is 6.85 Å². The minimum absolute atomic E-state index is 0.0344. The van der Waals surface area contributed by atoms with Gasteiger partial charge in [0.2, 0.25) is 0 Å². The van der Waals surface area contributed by atoms with Gasteiger partial charge in [-0.2, -0.15) is 0 Å². The zero-order valence-electron chi connectivity index (χ0n) is 29.9. The molecule has 0 unspecified atom stereocenters. The van der Waals surface area contributed by atoms with Crippen LogP contribution in [0.1, 0.15) is 0 Å². The third-order valence-corrected chi connectivity index (χ3v) is 13.4. The number of fused-ring (bicyclic) bond motifs is 18. The first-order chi connectivity index (χ1) is 27.8. The van der Waals surface area contributed by atoms with Gasteiger partial charge in [0, 0.05) is 28.3 Å². The Kier molecular flexibility index (Phi) is 4.87. The molecular weight excluding hydrogens is 683 g/mol. The van der Waals surface area contributed by atoms with Crippen LogP contribution < -0.4 is 67.8 Å². The van der Waals surface area contributed by atoms with Gasteiger partial charge in [-0.05, 0) is 104 Å². The molecule has 0 saturated heterocycles. The predicted octanol–water partition coefficient (Wildman–Crippen LogP) is 6.05. The summed E-state index contributed by atoms with van der Waals surface area (Å²) in [4.78, 5) is 7.75. The van der Waals surface area contributed by atoms with E-state index in [1.807, 2.05) is 0 Å². The van der Waals surface area contributed by atoms with Crippen LogP contribution in [0.15, 0.2) is 158 Å². The van der Waals surface area contributed by atoms with Crippen LogP contribution in [-0.2, 0) is 0 Å². The molecule has 0 aromatic heterocycles. The van der Waals surface area contributed by atoms with Crippen LogP contribution in [-0.4, -0.2) is 20.3 Å². The number of nitrogens with zero attached hydrogens (tertiary/aromatic N) is 3. The second-order valence-corrected chi connectivity index (χ2v) is 15.9. The summed E-state index contributed by atoms with van der Waals surface area (Å²) in [6.07, 6.45) is 0. The van der Waals surface area contributed by atoms with Gasteiger partial charge in [0.05, 0.1) is 22.7 Å². The highest BCUT2D eigenvalue weighted by molar-refractivity contribution is 7.02. The van der Waals surface area contributed by atoms with E-state index >= 15 is 0 Å². The molecule has 8 heteroatoms. The summed E-state index contributed by atoms with van der Waals surface area (Å²) in [5.41, 5.74) is 22.2. The van der Waals surface area contributed by atoms with Crippen LogP contribution in [0.3, 0.4) is 0 Å². The largest absolute Gasteiger partial charge is 0.458 e. The van der Waals surface area contributed by atoms with Gasteiger partial charge in [0.25, 0.3) is 13.4 Å². The summed E-state index contributed by atoms with van der Waals surface area (Å²) in [5, 5.41) is 0. The lowest BCUT2D eigenvalue weighted by Crippen LogP contribution is -2.68. The summed E-state index contributed by atoms with van der Waals surface area (Å²) >= 11 is 0. The lowest BCUT2D eigenvalue weighted by molar-refractivity contribution is 0.486. The van der Waals surface area contributed by atoms with Crippen molar-refractivity contribution in [1.82, 2.24) is 0 Å². The summed E-state index contributed by atoms with van der Waals surface area (Å²) < 4.78 is 14.1. The van der Waals surface area contributed by atoms with E-state index in [9.17, 15) is 0 Å².